The number of hydrogen-bond acceptors (Lipinski definition) is 7. The van der Waals surface area contributed by atoms with Crippen molar-refractivity contribution >= 4 is 40.1 Å². The van der Waals surface area contributed by atoms with Crippen LogP contribution in [0.4, 0.5) is 22.7 Å². The molecule has 6 rings (SSSR count). The summed E-state index contributed by atoms with van der Waals surface area (Å²) in [5.74, 6) is 0.448. The van der Waals surface area contributed by atoms with E-state index < -0.39 is 6.10 Å². The van der Waals surface area contributed by atoms with Gasteiger partial charge in [0.25, 0.3) is 0 Å². The number of nitrogens with one attached hydrogen (secondary N) is 1. The van der Waals surface area contributed by atoms with Gasteiger partial charge in [0, 0.05) is 0 Å². The van der Waals surface area contributed by atoms with Gasteiger partial charge in [0.15, 0.2) is 11.5 Å². The molecule has 1 saturated heterocycles. The van der Waals surface area contributed by atoms with E-state index >= 15 is 0 Å². The number of nitrogens with zero attached hydrogens (tertiary/aromatic N) is 4. The summed E-state index contributed by atoms with van der Waals surface area (Å²) in [6, 6.07) is 42.9. The zero-order valence-electron chi connectivity index (χ0n) is 21.0. The van der Waals surface area contributed by atoms with Gasteiger partial charge in [-0.15, -0.1) is 0 Å². The van der Waals surface area contributed by atoms with Crippen molar-refractivity contribution in [3.63, 3.8) is 0 Å². The maximum Gasteiger partial charge on any atom is 0.237 e. The van der Waals surface area contributed by atoms with Crippen molar-refractivity contribution in [3.05, 3.63) is 145 Å². The lowest BCUT2D eigenvalue weighted by Gasteiger charge is -2.22. The largest absolute Gasteiger partial charge is 0.465 e. The number of hydrazone groups is 2. The molecule has 4 aromatic carbocycles. The van der Waals surface area contributed by atoms with Gasteiger partial charge in [-0.3, -0.25) is 5.41 Å². The van der Waals surface area contributed by atoms with Crippen LogP contribution in [-0.4, -0.2) is 17.3 Å². The molecule has 1 unspecified atom stereocenters. The van der Waals surface area contributed by atoms with Gasteiger partial charge in [0.05, 0.1) is 29.0 Å². The van der Waals surface area contributed by atoms with Gasteiger partial charge in [-0.05, 0) is 60.7 Å². The summed E-state index contributed by atoms with van der Waals surface area (Å²) in [5.41, 5.74) is 4.16. The zero-order chi connectivity index (χ0) is 26.4. The molecule has 0 aliphatic carbocycles. The fourth-order valence-corrected chi connectivity index (χ4v) is 4.31. The summed E-state index contributed by atoms with van der Waals surface area (Å²) >= 11 is 0. The number of para-hydroxylation sites is 4. The van der Waals surface area contributed by atoms with Crippen molar-refractivity contribution in [2.24, 2.45) is 10.2 Å². The van der Waals surface area contributed by atoms with Crippen LogP contribution in [-0.2, 0) is 4.74 Å². The molecule has 1 fully saturated rings. The van der Waals surface area contributed by atoms with Gasteiger partial charge >= 0.3 is 0 Å². The Labute approximate surface area is 226 Å². The van der Waals surface area contributed by atoms with Crippen LogP contribution < -0.4 is 10.0 Å². The smallest absolute Gasteiger partial charge is 0.237 e. The number of benzene rings is 4. The quantitative estimate of drug-likeness (QED) is 0.227. The molecule has 0 spiro atoms. The Bertz CT molecular complexity index is 1510. The molecular formula is C32H25N5O2. The summed E-state index contributed by atoms with van der Waals surface area (Å²) in [5, 5.41) is 22.5. The minimum atomic E-state index is -0.741. The van der Waals surface area contributed by atoms with Gasteiger partial charge in [0.1, 0.15) is 5.71 Å². The van der Waals surface area contributed by atoms with E-state index in [0.29, 0.717) is 17.2 Å². The first-order chi connectivity index (χ1) is 19.3. The predicted molar refractivity (Wildman–Crippen MR) is 155 cm³/mol. The number of anilines is 4. The van der Waals surface area contributed by atoms with E-state index in [4.69, 9.17) is 24.8 Å². The molecule has 2 heterocycles. The molecule has 1 aliphatic heterocycles. The Morgan fingerprint density at radius 1 is 0.538 bits per heavy atom. The van der Waals surface area contributed by atoms with Crippen molar-refractivity contribution < 1.29 is 9.15 Å². The molecule has 39 heavy (non-hydrogen) atoms. The average molecular weight is 512 g/mol. The molecule has 5 aromatic rings. The van der Waals surface area contributed by atoms with Crippen LogP contribution >= 0.6 is 0 Å². The van der Waals surface area contributed by atoms with E-state index in [1.165, 1.54) is 0 Å². The normalized spacial score (nSPS) is 16.8. The third-order valence-electron chi connectivity index (χ3n) is 6.15. The molecule has 1 aromatic heterocycles. The van der Waals surface area contributed by atoms with Gasteiger partial charge < -0.3 is 9.15 Å². The minimum absolute atomic E-state index is 0.0897. The van der Waals surface area contributed by atoms with Crippen LogP contribution in [0, 0.1) is 5.41 Å². The monoisotopic (exact) mass is 511 g/mol. The molecule has 1 atom stereocenters. The lowest BCUT2D eigenvalue weighted by atomic mass is 10.1. The Morgan fingerprint density at radius 2 is 0.974 bits per heavy atom. The maximum absolute atomic E-state index is 8.82. The first kappa shape index (κ1) is 23.9. The van der Waals surface area contributed by atoms with Crippen LogP contribution in [0.25, 0.3) is 0 Å². The van der Waals surface area contributed by atoms with E-state index in [-0.39, 0.29) is 5.90 Å². The summed E-state index contributed by atoms with van der Waals surface area (Å²) < 4.78 is 11.8. The fourth-order valence-electron chi connectivity index (χ4n) is 4.31. The second-order valence-electron chi connectivity index (χ2n) is 8.74. The van der Waals surface area contributed by atoms with Crippen molar-refractivity contribution in [3.8, 4) is 0 Å². The highest BCUT2D eigenvalue weighted by molar-refractivity contribution is 6.69. The Hall–Kier alpha value is -5.43. The highest BCUT2D eigenvalue weighted by atomic mass is 16.5. The number of furan rings is 1. The fraction of sp³-hybridized carbons (Fsp3) is 0.0312. The Kier molecular flexibility index (Phi) is 6.69. The van der Waals surface area contributed by atoms with E-state index in [1.807, 2.05) is 132 Å². The van der Waals surface area contributed by atoms with Gasteiger partial charge in [0.2, 0.25) is 12.0 Å². The van der Waals surface area contributed by atoms with Crippen LogP contribution in [0.2, 0.25) is 0 Å². The Balaban J connectivity index is 1.54. The standard InChI is InChI=1S/C32H25N5O2/c33-32-30(35-37(26-18-9-3-10-19-26)27-20-11-4-12-21-27)29(31(39-32)28-22-13-23-38-28)34-36(24-14-5-1-6-15-24)25-16-7-2-8-17-25/h1-23,31,33H/b33-32?,34-29-,35-30-. The second-order valence-corrected chi connectivity index (χ2v) is 8.74. The topological polar surface area (TPSA) is 77.4 Å². The molecule has 1 N–H and O–H groups in total. The molecule has 7 heteroatoms. The summed E-state index contributed by atoms with van der Waals surface area (Å²) in [6.07, 6.45) is 0.844. The zero-order valence-corrected chi connectivity index (χ0v) is 21.0. The van der Waals surface area contributed by atoms with E-state index in [9.17, 15) is 0 Å². The highest BCUT2D eigenvalue weighted by Crippen LogP contribution is 2.33. The van der Waals surface area contributed by atoms with E-state index in [2.05, 4.69) is 0 Å². The second kappa shape index (κ2) is 10.9. The van der Waals surface area contributed by atoms with Crippen molar-refractivity contribution in [1.29, 1.82) is 5.41 Å². The first-order valence-corrected chi connectivity index (χ1v) is 12.5. The molecule has 0 amide bonds. The lowest BCUT2D eigenvalue weighted by molar-refractivity contribution is 0.240. The van der Waals surface area contributed by atoms with Crippen LogP contribution in [0.1, 0.15) is 11.9 Å². The van der Waals surface area contributed by atoms with Crippen LogP contribution in [0.3, 0.4) is 0 Å². The van der Waals surface area contributed by atoms with Crippen molar-refractivity contribution in [2.75, 3.05) is 10.0 Å². The third kappa shape index (κ3) is 5.06. The molecule has 0 radical (unpaired) electrons. The summed E-state index contributed by atoms with van der Waals surface area (Å²) in [7, 11) is 0. The molecule has 0 bridgehead atoms. The molecule has 0 saturated carbocycles. The molecule has 1 aliphatic rings. The van der Waals surface area contributed by atoms with E-state index in [1.54, 1.807) is 17.3 Å². The predicted octanol–water partition coefficient (Wildman–Crippen LogP) is 7.72. The van der Waals surface area contributed by atoms with Gasteiger partial charge in [-0.2, -0.15) is 10.2 Å². The molecule has 7 nitrogen and oxygen atoms in total. The van der Waals surface area contributed by atoms with Gasteiger partial charge in [-0.1, -0.05) is 72.8 Å². The van der Waals surface area contributed by atoms with Crippen LogP contribution in [0.15, 0.2) is 154 Å². The van der Waals surface area contributed by atoms with E-state index in [0.717, 1.165) is 22.7 Å². The Morgan fingerprint density at radius 3 is 1.38 bits per heavy atom. The van der Waals surface area contributed by atoms with Crippen molar-refractivity contribution in [1.82, 2.24) is 0 Å². The first-order valence-electron chi connectivity index (χ1n) is 12.5. The highest BCUT2D eigenvalue weighted by Gasteiger charge is 2.40. The molecular weight excluding hydrogens is 486 g/mol. The summed E-state index contributed by atoms with van der Waals surface area (Å²) in [6.45, 7) is 0. The SMILES string of the molecule is N=C1OC(c2ccco2)C(=N\N(c2ccccc2)c2ccccc2)/C1=N/N(c1ccccc1)c1ccccc1. The van der Waals surface area contributed by atoms with Crippen LogP contribution in [0.5, 0.6) is 0 Å². The third-order valence-corrected chi connectivity index (χ3v) is 6.15. The number of hydrogen-bond donors (Lipinski definition) is 1. The number of rotatable bonds is 7. The summed E-state index contributed by atoms with van der Waals surface area (Å²) in [4.78, 5) is 0. The average Bonchev–Trinajstić information content (AvgIpc) is 3.64. The number of ether oxygens (including phenoxy) is 1. The maximum atomic E-state index is 8.82. The van der Waals surface area contributed by atoms with Crippen molar-refractivity contribution in [2.45, 2.75) is 6.10 Å². The lowest BCUT2D eigenvalue weighted by Crippen LogP contribution is -2.25. The van der Waals surface area contributed by atoms with Gasteiger partial charge in [-0.25, -0.2) is 10.0 Å². The minimum Gasteiger partial charge on any atom is -0.465 e. The molecule has 190 valence electrons.